The number of carbonyl (C=O) groups is 1. The normalized spacial score (nSPS) is 11.0. The molecule has 0 bridgehead atoms. The number of urea groups is 1. The predicted octanol–water partition coefficient (Wildman–Crippen LogP) is 1.85. The van der Waals surface area contributed by atoms with Gasteiger partial charge in [-0.25, -0.2) is 19.2 Å². The highest BCUT2D eigenvalue weighted by Crippen LogP contribution is 2.32. The van der Waals surface area contributed by atoms with Crippen LogP contribution in [0, 0.1) is 5.82 Å². The lowest BCUT2D eigenvalue weighted by molar-refractivity contribution is 0.250. The Hall–Kier alpha value is -3.27. The Morgan fingerprint density at radius 1 is 1.37 bits per heavy atom. The van der Waals surface area contributed by atoms with Crippen LogP contribution in [0.15, 0.2) is 24.4 Å². The van der Waals surface area contributed by atoms with Crippen LogP contribution in [0.3, 0.4) is 0 Å². The number of carbonyl (C=O) groups excluding carboxylic acids is 1. The third-order valence-corrected chi connectivity index (χ3v) is 3.78. The van der Waals surface area contributed by atoms with Crippen LogP contribution in [0.2, 0.25) is 0 Å². The molecule has 0 unspecified atom stereocenters. The van der Waals surface area contributed by atoms with E-state index in [9.17, 15) is 9.18 Å². The fraction of sp³-hybridized carbons (Fsp3) is 0.294. The van der Waals surface area contributed by atoms with Gasteiger partial charge in [-0.3, -0.25) is 10.4 Å². The first kappa shape index (κ1) is 18.5. The molecule has 0 aromatic carbocycles. The number of H-pyrrole nitrogens is 1. The number of fused-ring (bicyclic) bond motifs is 1. The molecule has 3 aromatic rings. The topological polar surface area (TPSA) is 108 Å². The molecule has 3 rings (SSSR count). The summed E-state index contributed by atoms with van der Waals surface area (Å²) < 4.78 is 18.8. The van der Waals surface area contributed by atoms with E-state index in [1.807, 2.05) is 19.0 Å². The van der Waals surface area contributed by atoms with Crippen molar-refractivity contribution in [2.45, 2.75) is 0 Å². The molecule has 142 valence electrons. The van der Waals surface area contributed by atoms with Crippen molar-refractivity contribution in [2.24, 2.45) is 0 Å². The number of methoxy groups -OCH3 is 1. The zero-order chi connectivity index (χ0) is 19.4. The summed E-state index contributed by atoms with van der Waals surface area (Å²) in [6.07, 6.45) is 1.08. The summed E-state index contributed by atoms with van der Waals surface area (Å²) >= 11 is 0. The standard InChI is InChI=1S/C17H20FN7O2/c1-25(2)7-6-19-17(26)22-13-5-4-11-14(23-24-15(11)21-13)12-8-10(18)9-20-16(12)27-3/h4-5,8-9H,6-7H2,1-3H3,(H3,19,21,22,23,24,26). The van der Waals surface area contributed by atoms with Crippen molar-refractivity contribution in [3.05, 3.63) is 30.2 Å². The van der Waals surface area contributed by atoms with Gasteiger partial charge in [-0.15, -0.1) is 0 Å². The maximum absolute atomic E-state index is 13.6. The molecule has 0 atom stereocenters. The van der Waals surface area contributed by atoms with Gasteiger partial charge in [-0.05, 0) is 32.3 Å². The molecular weight excluding hydrogens is 353 g/mol. The summed E-state index contributed by atoms with van der Waals surface area (Å²) in [6.45, 7) is 1.24. The van der Waals surface area contributed by atoms with Gasteiger partial charge < -0.3 is 15.0 Å². The first-order valence-corrected chi connectivity index (χ1v) is 8.22. The molecule has 3 aromatic heterocycles. The highest BCUT2D eigenvalue weighted by atomic mass is 19.1. The lowest BCUT2D eigenvalue weighted by Crippen LogP contribution is -2.34. The number of pyridine rings is 2. The van der Waals surface area contributed by atoms with Crippen molar-refractivity contribution in [1.29, 1.82) is 0 Å². The Balaban J connectivity index is 1.81. The molecular formula is C17H20FN7O2. The largest absolute Gasteiger partial charge is 0.481 e. The number of amides is 2. The number of likely N-dealkylation sites (N-methyl/N-ethyl adjacent to an activating group) is 1. The van der Waals surface area contributed by atoms with E-state index in [0.29, 0.717) is 34.7 Å². The Bertz CT molecular complexity index is 958. The smallest absolute Gasteiger partial charge is 0.320 e. The summed E-state index contributed by atoms with van der Waals surface area (Å²) in [5, 5.41) is 13.0. The second-order valence-electron chi connectivity index (χ2n) is 6.06. The summed E-state index contributed by atoms with van der Waals surface area (Å²) in [6, 6.07) is 4.34. The molecule has 3 N–H and O–H groups in total. The molecule has 27 heavy (non-hydrogen) atoms. The zero-order valence-electron chi connectivity index (χ0n) is 15.2. The summed E-state index contributed by atoms with van der Waals surface area (Å²) in [5.41, 5.74) is 1.34. The molecule has 9 nitrogen and oxygen atoms in total. The number of hydrogen-bond donors (Lipinski definition) is 3. The Morgan fingerprint density at radius 2 is 2.19 bits per heavy atom. The molecule has 0 saturated heterocycles. The lowest BCUT2D eigenvalue weighted by Gasteiger charge is -2.11. The van der Waals surface area contributed by atoms with Crippen molar-refractivity contribution in [3.63, 3.8) is 0 Å². The number of halogens is 1. The number of anilines is 1. The Kier molecular flexibility index (Phi) is 5.46. The van der Waals surface area contributed by atoms with Crippen molar-refractivity contribution >= 4 is 22.9 Å². The minimum absolute atomic E-state index is 0.268. The average molecular weight is 373 g/mol. The zero-order valence-corrected chi connectivity index (χ0v) is 15.2. The average Bonchev–Trinajstić information content (AvgIpc) is 3.04. The number of ether oxygens (including phenoxy) is 1. The minimum Gasteiger partial charge on any atom is -0.481 e. The number of nitrogens with zero attached hydrogens (tertiary/aromatic N) is 4. The Morgan fingerprint density at radius 3 is 2.93 bits per heavy atom. The van der Waals surface area contributed by atoms with Gasteiger partial charge in [0.2, 0.25) is 5.88 Å². The van der Waals surface area contributed by atoms with E-state index < -0.39 is 5.82 Å². The summed E-state index contributed by atoms with van der Waals surface area (Å²) in [7, 11) is 5.30. The predicted molar refractivity (Wildman–Crippen MR) is 99.2 cm³/mol. The molecule has 10 heteroatoms. The van der Waals surface area contributed by atoms with Gasteiger partial charge in [-0.1, -0.05) is 0 Å². The molecule has 0 aliphatic carbocycles. The van der Waals surface area contributed by atoms with E-state index in [-0.39, 0.29) is 11.9 Å². The van der Waals surface area contributed by atoms with Crippen molar-refractivity contribution < 1.29 is 13.9 Å². The Labute approximate surface area is 154 Å². The third kappa shape index (κ3) is 4.29. The van der Waals surface area contributed by atoms with Gasteiger partial charge in [0.15, 0.2) is 5.65 Å². The highest BCUT2D eigenvalue weighted by molar-refractivity contribution is 5.94. The minimum atomic E-state index is -0.491. The van der Waals surface area contributed by atoms with E-state index in [1.165, 1.54) is 13.2 Å². The molecule has 0 fully saturated rings. The number of hydrogen-bond acceptors (Lipinski definition) is 6. The summed E-state index contributed by atoms with van der Waals surface area (Å²) in [4.78, 5) is 22.1. The molecule has 2 amide bonds. The highest BCUT2D eigenvalue weighted by Gasteiger charge is 2.16. The first-order chi connectivity index (χ1) is 13.0. The van der Waals surface area contributed by atoms with Crippen LogP contribution in [0.4, 0.5) is 15.0 Å². The van der Waals surface area contributed by atoms with E-state index in [2.05, 4.69) is 30.8 Å². The van der Waals surface area contributed by atoms with Crippen LogP contribution >= 0.6 is 0 Å². The third-order valence-electron chi connectivity index (χ3n) is 3.78. The molecule has 0 aliphatic rings. The van der Waals surface area contributed by atoms with E-state index in [4.69, 9.17) is 4.74 Å². The van der Waals surface area contributed by atoms with Gasteiger partial charge in [0.05, 0.1) is 24.6 Å². The van der Waals surface area contributed by atoms with Gasteiger partial charge in [0.1, 0.15) is 11.6 Å². The van der Waals surface area contributed by atoms with Crippen LogP contribution in [0.1, 0.15) is 0 Å². The van der Waals surface area contributed by atoms with Crippen LogP contribution < -0.4 is 15.4 Å². The van der Waals surface area contributed by atoms with E-state index in [0.717, 1.165) is 12.7 Å². The summed E-state index contributed by atoms with van der Waals surface area (Å²) in [5.74, 6) is 0.130. The van der Waals surface area contributed by atoms with Gasteiger partial charge in [-0.2, -0.15) is 5.10 Å². The fourth-order valence-corrected chi connectivity index (χ4v) is 2.49. The second-order valence-corrected chi connectivity index (χ2v) is 6.06. The monoisotopic (exact) mass is 373 g/mol. The van der Waals surface area contributed by atoms with E-state index >= 15 is 0 Å². The maximum Gasteiger partial charge on any atom is 0.320 e. The number of rotatable bonds is 6. The maximum atomic E-state index is 13.6. The lowest BCUT2D eigenvalue weighted by atomic mass is 10.1. The molecule has 0 spiro atoms. The van der Waals surface area contributed by atoms with Crippen LogP contribution in [0.25, 0.3) is 22.3 Å². The van der Waals surface area contributed by atoms with E-state index in [1.54, 1.807) is 12.1 Å². The molecule has 0 aliphatic heterocycles. The van der Waals surface area contributed by atoms with Crippen molar-refractivity contribution in [3.8, 4) is 17.1 Å². The fourth-order valence-electron chi connectivity index (χ4n) is 2.49. The molecule has 0 saturated carbocycles. The number of aromatic nitrogens is 4. The van der Waals surface area contributed by atoms with Crippen molar-refractivity contribution in [2.75, 3.05) is 39.6 Å². The van der Waals surface area contributed by atoms with Gasteiger partial charge in [0, 0.05) is 18.5 Å². The van der Waals surface area contributed by atoms with Crippen LogP contribution in [-0.2, 0) is 0 Å². The first-order valence-electron chi connectivity index (χ1n) is 8.22. The van der Waals surface area contributed by atoms with Gasteiger partial charge >= 0.3 is 6.03 Å². The number of nitrogens with one attached hydrogen (secondary N) is 3. The van der Waals surface area contributed by atoms with Crippen molar-refractivity contribution in [1.82, 2.24) is 30.4 Å². The molecule has 0 radical (unpaired) electrons. The number of aromatic amines is 1. The SMILES string of the molecule is COc1ncc(F)cc1-c1[nH]nc2nc(NC(=O)NCCN(C)C)ccc12. The van der Waals surface area contributed by atoms with Crippen LogP contribution in [-0.4, -0.2) is 65.4 Å². The second kappa shape index (κ2) is 7.96. The quantitative estimate of drug-likeness (QED) is 0.609. The van der Waals surface area contributed by atoms with Gasteiger partial charge in [0.25, 0.3) is 0 Å². The molecule has 3 heterocycles. The van der Waals surface area contributed by atoms with Crippen LogP contribution in [0.5, 0.6) is 5.88 Å².